The van der Waals surface area contributed by atoms with Crippen molar-refractivity contribution in [2.45, 2.75) is 38.8 Å². The van der Waals surface area contributed by atoms with E-state index in [1.165, 1.54) is 11.8 Å². The number of aryl methyl sites for hydroxylation is 3. The maximum atomic E-state index is 12.5. The molecule has 0 aliphatic rings. The monoisotopic (exact) mass is 432 g/mol. The van der Waals surface area contributed by atoms with Gasteiger partial charge < -0.3 is 10.1 Å². The van der Waals surface area contributed by atoms with Gasteiger partial charge in [0.25, 0.3) is 0 Å². The second kappa shape index (κ2) is 10.1. The van der Waals surface area contributed by atoms with Crippen LogP contribution in [0.25, 0.3) is 0 Å². The summed E-state index contributed by atoms with van der Waals surface area (Å²) in [4.78, 5) is 21.5. The maximum absolute atomic E-state index is 12.5. The van der Waals surface area contributed by atoms with Gasteiger partial charge in [0, 0.05) is 23.5 Å². The number of carbonyl (C=O) groups excluding carboxylic acids is 1. The first kappa shape index (κ1) is 22.3. The van der Waals surface area contributed by atoms with Gasteiger partial charge in [-0.05, 0) is 87.0 Å². The maximum Gasteiger partial charge on any atom is 0.224 e. The molecule has 0 atom stereocenters. The van der Waals surface area contributed by atoms with Crippen molar-refractivity contribution in [1.82, 2.24) is 9.97 Å². The smallest absolute Gasteiger partial charge is 0.224 e. The summed E-state index contributed by atoms with van der Waals surface area (Å²) in [5, 5.41) is 12.6. The number of benzene rings is 2. The summed E-state index contributed by atoms with van der Waals surface area (Å²) in [6.45, 7) is 5.83. The van der Waals surface area contributed by atoms with Crippen LogP contribution in [0.1, 0.15) is 34.5 Å². The Bertz CT molecular complexity index is 1110. The topological polar surface area (TPSA) is 87.9 Å². The lowest BCUT2D eigenvalue weighted by atomic mass is 10.1. The molecule has 1 N–H and O–H groups in total. The van der Waals surface area contributed by atoms with E-state index in [1.807, 2.05) is 45.2 Å². The number of amides is 1. The summed E-state index contributed by atoms with van der Waals surface area (Å²) >= 11 is 1.51. The predicted octanol–water partition coefficient (Wildman–Crippen LogP) is 5.36. The average molecular weight is 433 g/mol. The predicted molar refractivity (Wildman–Crippen MR) is 123 cm³/mol. The first-order valence-electron chi connectivity index (χ1n) is 9.86. The number of hydrogen-bond donors (Lipinski definition) is 1. The molecule has 0 aliphatic carbocycles. The first-order valence-corrected chi connectivity index (χ1v) is 11.1. The van der Waals surface area contributed by atoms with Crippen LogP contribution in [0.2, 0.25) is 0 Å². The van der Waals surface area contributed by atoms with E-state index in [2.05, 4.69) is 21.4 Å². The van der Waals surface area contributed by atoms with Crippen LogP contribution in [0.5, 0.6) is 11.5 Å². The zero-order valence-electron chi connectivity index (χ0n) is 18.0. The molecule has 1 heterocycles. The number of nitrogens with one attached hydrogen (secondary N) is 1. The second-order valence-electron chi connectivity index (χ2n) is 7.12. The van der Waals surface area contributed by atoms with Crippen molar-refractivity contribution in [3.05, 3.63) is 70.5 Å². The number of aromatic nitrogens is 2. The van der Waals surface area contributed by atoms with Crippen LogP contribution in [0.3, 0.4) is 0 Å². The van der Waals surface area contributed by atoms with Gasteiger partial charge in [0.1, 0.15) is 11.5 Å². The molecular weight excluding hydrogens is 408 g/mol. The number of rotatable bonds is 7. The van der Waals surface area contributed by atoms with Gasteiger partial charge in [-0.3, -0.25) is 4.79 Å². The number of carbonyl (C=O) groups is 1. The van der Waals surface area contributed by atoms with E-state index in [0.717, 1.165) is 33.4 Å². The van der Waals surface area contributed by atoms with E-state index in [4.69, 9.17) is 10.00 Å². The summed E-state index contributed by atoms with van der Waals surface area (Å²) in [6, 6.07) is 14.5. The van der Waals surface area contributed by atoms with Gasteiger partial charge in [0.05, 0.1) is 11.6 Å². The summed E-state index contributed by atoms with van der Waals surface area (Å²) in [5.74, 6) is 1.25. The fraction of sp³-hybridized carbons (Fsp3) is 0.250. The number of ether oxygens (including phenoxy) is 1. The standard InChI is InChI=1S/C24H24N4O2S/c1-15-13-20(30-19-7-5-18(14-25)6-8-19)9-11-22(15)28-23(29)12-10-21-16(2)26-24(31-4)27-17(21)3/h5-9,11,13H,10,12H2,1-4H3,(H,28,29). The summed E-state index contributed by atoms with van der Waals surface area (Å²) in [6.07, 6.45) is 2.90. The van der Waals surface area contributed by atoms with Crippen LogP contribution in [0.15, 0.2) is 47.6 Å². The molecule has 158 valence electrons. The Balaban J connectivity index is 1.61. The van der Waals surface area contributed by atoms with Crippen LogP contribution in [0, 0.1) is 32.1 Å². The number of anilines is 1. The van der Waals surface area contributed by atoms with Crippen LogP contribution in [-0.2, 0) is 11.2 Å². The van der Waals surface area contributed by atoms with E-state index in [9.17, 15) is 4.79 Å². The fourth-order valence-electron chi connectivity index (χ4n) is 3.19. The molecule has 0 radical (unpaired) electrons. The normalized spacial score (nSPS) is 10.4. The number of hydrogen-bond acceptors (Lipinski definition) is 6. The quantitative estimate of drug-likeness (QED) is 0.399. The minimum Gasteiger partial charge on any atom is -0.457 e. The average Bonchev–Trinajstić information content (AvgIpc) is 2.75. The fourth-order valence-corrected chi connectivity index (χ4v) is 3.64. The molecule has 0 bridgehead atoms. The van der Waals surface area contributed by atoms with Gasteiger partial charge >= 0.3 is 0 Å². The molecule has 7 heteroatoms. The molecule has 0 aliphatic heterocycles. The lowest BCUT2D eigenvalue weighted by molar-refractivity contribution is -0.116. The Kier molecular flexibility index (Phi) is 7.27. The third kappa shape index (κ3) is 5.83. The molecule has 6 nitrogen and oxygen atoms in total. The largest absolute Gasteiger partial charge is 0.457 e. The minimum atomic E-state index is -0.0587. The van der Waals surface area contributed by atoms with Crippen molar-refractivity contribution in [3.63, 3.8) is 0 Å². The molecule has 1 aromatic heterocycles. The molecule has 0 spiro atoms. The van der Waals surface area contributed by atoms with Gasteiger partial charge in [-0.15, -0.1) is 0 Å². The van der Waals surface area contributed by atoms with Crippen LogP contribution in [-0.4, -0.2) is 22.1 Å². The Hall–Kier alpha value is -3.37. The molecular formula is C24H24N4O2S. The molecule has 3 aromatic rings. The molecule has 0 fully saturated rings. The number of thioether (sulfide) groups is 1. The summed E-state index contributed by atoms with van der Waals surface area (Å²) < 4.78 is 5.83. The lowest BCUT2D eigenvalue weighted by Crippen LogP contribution is -2.14. The van der Waals surface area contributed by atoms with Gasteiger partial charge in [-0.1, -0.05) is 11.8 Å². The SMILES string of the molecule is CSc1nc(C)c(CCC(=O)Nc2ccc(Oc3ccc(C#N)cc3)cc2C)c(C)n1. The highest BCUT2D eigenvalue weighted by Gasteiger charge is 2.12. The Labute approximate surface area is 186 Å². The van der Waals surface area contributed by atoms with Gasteiger partial charge in [-0.25, -0.2) is 9.97 Å². The van der Waals surface area contributed by atoms with E-state index in [-0.39, 0.29) is 5.91 Å². The molecule has 1 amide bonds. The highest BCUT2D eigenvalue weighted by molar-refractivity contribution is 7.98. The van der Waals surface area contributed by atoms with Crippen LogP contribution >= 0.6 is 11.8 Å². The van der Waals surface area contributed by atoms with E-state index in [1.54, 1.807) is 24.3 Å². The number of nitrogens with zero attached hydrogens (tertiary/aromatic N) is 3. The highest BCUT2D eigenvalue weighted by Crippen LogP contribution is 2.26. The second-order valence-corrected chi connectivity index (χ2v) is 7.90. The lowest BCUT2D eigenvalue weighted by Gasteiger charge is -2.12. The van der Waals surface area contributed by atoms with E-state index in [0.29, 0.717) is 29.9 Å². The Morgan fingerprint density at radius 3 is 2.29 bits per heavy atom. The highest BCUT2D eigenvalue weighted by atomic mass is 32.2. The van der Waals surface area contributed by atoms with Gasteiger partial charge in [0.2, 0.25) is 5.91 Å². The molecule has 0 saturated heterocycles. The van der Waals surface area contributed by atoms with E-state index < -0.39 is 0 Å². The third-order valence-corrected chi connectivity index (χ3v) is 5.42. The Morgan fingerprint density at radius 2 is 1.71 bits per heavy atom. The van der Waals surface area contributed by atoms with Crippen LogP contribution < -0.4 is 10.1 Å². The van der Waals surface area contributed by atoms with Crippen molar-refractivity contribution >= 4 is 23.4 Å². The first-order chi connectivity index (χ1) is 14.9. The van der Waals surface area contributed by atoms with Crippen LogP contribution in [0.4, 0.5) is 5.69 Å². The molecule has 0 unspecified atom stereocenters. The van der Waals surface area contributed by atoms with E-state index >= 15 is 0 Å². The summed E-state index contributed by atoms with van der Waals surface area (Å²) in [7, 11) is 0. The molecule has 31 heavy (non-hydrogen) atoms. The zero-order valence-corrected chi connectivity index (χ0v) is 18.8. The molecule has 0 saturated carbocycles. The Morgan fingerprint density at radius 1 is 1.06 bits per heavy atom. The van der Waals surface area contributed by atoms with Gasteiger partial charge in [-0.2, -0.15) is 5.26 Å². The van der Waals surface area contributed by atoms with Gasteiger partial charge in [0.15, 0.2) is 5.16 Å². The number of nitriles is 1. The molecule has 2 aromatic carbocycles. The molecule has 3 rings (SSSR count). The van der Waals surface area contributed by atoms with Crippen molar-refractivity contribution in [2.24, 2.45) is 0 Å². The minimum absolute atomic E-state index is 0.0587. The summed E-state index contributed by atoms with van der Waals surface area (Å²) in [5.41, 5.74) is 5.10. The van der Waals surface area contributed by atoms with Crippen molar-refractivity contribution in [3.8, 4) is 17.6 Å². The van der Waals surface area contributed by atoms with Crippen molar-refractivity contribution in [1.29, 1.82) is 5.26 Å². The third-order valence-electron chi connectivity index (χ3n) is 4.88. The zero-order chi connectivity index (χ0) is 22.4. The van der Waals surface area contributed by atoms with Crippen molar-refractivity contribution in [2.75, 3.05) is 11.6 Å². The van der Waals surface area contributed by atoms with Crippen molar-refractivity contribution < 1.29 is 9.53 Å².